The third-order valence-electron chi connectivity index (χ3n) is 2.85. The van der Waals surface area contributed by atoms with Crippen molar-refractivity contribution in [2.24, 2.45) is 5.41 Å². The molecule has 2 heteroatoms. The van der Waals surface area contributed by atoms with Gasteiger partial charge in [0, 0.05) is 6.42 Å². The molecule has 0 spiro atoms. The van der Waals surface area contributed by atoms with Crippen LogP contribution in [-0.4, -0.2) is 5.78 Å². The molecule has 0 aliphatic heterocycles. The number of carbonyl (C=O) groups excluding carboxylic acids is 1. The molecule has 0 aromatic heterocycles. The van der Waals surface area contributed by atoms with Crippen molar-refractivity contribution in [1.29, 1.82) is 0 Å². The first-order valence-corrected chi connectivity index (χ1v) is 5.46. The maximum Gasteiger partial charge on any atom is 0.156 e. The molecule has 2 rings (SSSR count). The van der Waals surface area contributed by atoms with Gasteiger partial charge in [0.1, 0.15) is 5.82 Å². The van der Waals surface area contributed by atoms with E-state index in [2.05, 4.69) is 13.8 Å². The summed E-state index contributed by atoms with van der Waals surface area (Å²) in [6, 6.07) is 6.43. The van der Waals surface area contributed by atoms with E-state index in [1.54, 1.807) is 12.1 Å². The Bertz CT molecular complexity index is 458. The summed E-state index contributed by atoms with van der Waals surface area (Å²) in [5, 5.41) is 0. The molecule has 0 bridgehead atoms. The first-order valence-electron chi connectivity index (χ1n) is 5.46. The molecular weight excluding hydrogens is 203 g/mol. The van der Waals surface area contributed by atoms with Crippen LogP contribution in [0.15, 0.2) is 30.3 Å². The summed E-state index contributed by atoms with van der Waals surface area (Å²) in [5.41, 5.74) is 1.75. The molecule has 0 N–H and O–H groups in total. The van der Waals surface area contributed by atoms with Crippen LogP contribution in [0.1, 0.15) is 32.3 Å². The Morgan fingerprint density at radius 2 is 2.00 bits per heavy atom. The van der Waals surface area contributed by atoms with Crippen molar-refractivity contribution in [3.05, 3.63) is 41.7 Å². The van der Waals surface area contributed by atoms with E-state index in [0.29, 0.717) is 6.42 Å². The number of hydrogen-bond acceptors (Lipinski definition) is 1. The van der Waals surface area contributed by atoms with Crippen LogP contribution in [0.5, 0.6) is 0 Å². The monoisotopic (exact) mass is 218 g/mol. The highest BCUT2D eigenvalue weighted by molar-refractivity contribution is 5.99. The van der Waals surface area contributed by atoms with Gasteiger partial charge in [-0.15, -0.1) is 0 Å². The second-order valence-corrected chi connectivity index (χ2v) is 5.16. The molecule has 1 aliphatic carbocycles. The number of hydrogen-bond donors (Lipinski definition) is 0. The van der Waals surface area contributed by atoms with E-state index in [9.17, 15) is 9.18 Å². The zero-order valence-electron chi connectivity index (χ0n) is 9.59. The van der Waals surface area contributed by atoms with E-state index >= 15 is 0 Å². The second kappa shape index (κ2) is 3.85. The molecule has 0 heterocycles. The van der Waals surface area contributed by atoms with Crippen molar-refractivity contribution in [2.45, 2.75) is 26.7 Å². The Hall–Kier alpha value is -1.44. The molecule has 0 atom stereocenters. The normalized spacial score (nSPS) is 19.4. The van der Waals surface area contributed by atoms with E-state index < -0.39 is 0 Å². The molecule has 0 unspecified atom stereocenters. The Balaban J connectivity index is 2.38. The Kier molecular flexibility index (Phi) is 2.66. The zero-order valence-corrected chi connectivity index (χ0v) is 9.59. The second-order valence-electron chi connectivity index (χ2n) is 5.16. The number of ketones is 1. The van der Waals surface area contributed by atoms with Crippen LogP contribution in [0.3, 0.4) is 0 Å². The molecule has 0 radical (unpaired) electrons. The lowest BCUT2D eigenvalue weighted by atomic mass is 9.75. The average molecular weight is 218 g/mol. The van der Waals surface area contributed by atoms with Gasteiger partial charge in [-0.1, -0.05) is 26.0 Å². The number of benzene rings is 1. The SMILES string of the molecule is CC1(C)CC(=O)C=C(c2cccc(F)c2)C1. The summed E-state index contributed by atoms with van der Waals surface area (Å²) in [6.45, 7) is 4.13. The molecule has 0 saturated heterocycles. The summed E-state index contributed by atoms with van der Waals surface area (Å²) >= 11 is 0. The topological polar surface area (TPSA) is 17.1 Å². The maximum atomic E-state index is 13.1. The van der Waals surface area contributed by atoms with Gasteiger partial charge in [0.15, 0.2) is 5.78 Å². The van der Waals surface area contributed by atoms with Crippen molar-refractivity contribution in [2.75, 3.05) is 0 Å². The van der Waals surface area contributed by atoms with Crippen molar-refractivity contribution < 1.29 is 9.18 Å². The van der Waals surface area contributed by atoms with Gasteiger partial charge in [0.2, 0.25) is 0 Å². The molecule has 0 fully saturated rings. The van der Waals surface area contributed by atoms with Gasteiger partial charge in [0.05, 0.1) is 0 Å². The van der Waals surface area contributed by atoms with Crippen LogP contribution in [0.2, 0.25) is 0 Å². The largest absolute Gasteiger partial charge is 0.295 e. The molecule has 0 saturated carbocycles. The summed E-state index contributed by atoms with van der Waals surface area (Å²) in [7, 11) is 0. The van der Waals surface area contributed by atoms with Crippen LogP contribution in [0, 0.1) is 11.2 Å². The van der Waals surface area contributed by atoms with E-state index in [1.165, 1.54) is 12.1 Å². The minimum atomic E-state index is -0.255. The molecule has 1 nitrogen and oxygen atoms in total. The highest BCUT2D eigenvalue weighted by Gasteiger charge is 2.27. The third-order valence-corrected chi connectivity index (χ3v) is 2.85. The molecular formula is C14H15FO. The minimum Gasteiger partial charge on any atom is -0.295 e. The number of rotatable bonds is 1. The Morgan fingerprint density at radius 1 is 1.25 bits per heavy atom. The van der Waals surface area contributed by atoms with E-state index in [-0.39, 0.29) is 17.0 Å². The van der Waals surface area contributed by atoms with Gasteiger partial charge >= 0.3 is 0 Å². The zero-order chi connectivity index (χ0) is 11.8. The Labute approximate surface area is 95.0 Å². The lowest BCUT2D eigenvalue weighted by Crippen LogP contribution is -2.21. The molecule has 84 valence electrons. The number of allylic oxidation sites excluding steroid dienone is 2. The van der Waals surface area contributed by atoms with Crippen LogP contribution < -0.4 is 0 Å². The molecule has 0 amide bonds. The maximum absolute atomic E-state index is 13.1. The molecule has 1 aromatic carbocycles. The van der Waals surface area contributed by atoms with Crippen molar-refractivity contribution in [1.82, 2.24) is 0 Å². The van der Waals surface area contributed by atoms with E-state index in [0.717, 1.165) is 17.6 Å². The van der Waals surface area contributed by atoms with Gasteiger partial charge in [-0.2, -0.15) is 0 Å². The fraction of sp³-hybridized carbons (Fsp3) is 0.357. The number of carbonyl (C=O) groups is 1. The quantitative estimate of drug-likeness (QED) is 0.704. The highest BCUT2D eigenvalue weighted by atomic mass is 19.1. The highest BCUT2D eigenvalue weighted by Crippen LogP contribution is 2.37. The first kappa shape index (κ1) is 11.1. The van der Waals surface area contributed by atoms with Gasteiger partial charge in [-0.05, 0) is 41.2 Å². The van der Waals surface area contributed by atoms with Crippen LogP contribution in [-0.2, 0) is 4.79 Å². The fourth-order valence-corrected chi connectivity index (χ4v) is 2.22. The van der Waals surface area contributed by atoms with E-state index in [4.69, 9.17) is 0 Å². The lowest BCUT2D eigenvalue weighted by molar-refractivity contribution is -0.116. The summed E-state index contributed by atoms with van der Waals surface area (Å²) in [5.74, 6) is -0.121. The van der Waals surface area contributed by atoms with Gasteiger partial charge < -0.3 is 0 Å². The van der Waals surface area contributed by atoms with Crippen molar-refractivity contribution in [3.8, 4) is 0 Å². The third kappa shape index (κ3) is 2.38. The van der Waals surface area contributed by atoms with E-state index in [1.807, 2.05) is 6.07 Å². The van der Waals surface area contributed by atoms with Crippen LogP contribution in [0.4, 0.5) is 4.39 Å². The van der Waals surface area contributed by atoms with Crippen LogP contribution in [0.25, 0.3) is 5.57 Å². The first-order chi connectivity index (χ1) is 7.46. The standard InChI is InChI=1S/C14H15FO/c1-14(2)8-11(7-13(16)9-14)10-4-3-5-12(15)6-10/h3-7H,8-9H2,1-2H3. The van der Waals surface area contributed by atoms with Crippen LogP contribution >= 0.6 is 0 Å². The number of halogens is 1. The van der Waals surface area contributed by atoms with Crippen molar-refractivity contribution in [3.63, 3.8) is 0 Å². The van der Waals surface area contributed by atoms with Gasteiger partial charge in [-0.25, -0.2) is 4.39 Å². The van der Waals surface area contributed by atoms with Gasteiger partial charge in [-0.3, -0.25) is 4.79 Å². The molecule has 1 aliphatic rings. The summed E-state index contributed by atoms with van der Waals surface area (Å²) in [6.07, 6.45) is 3.05. The predicted molar refractivity (Wildman–Crippen MR) is 62.4 cm³/mol. The Morgan fingerprint density at radius 3 is 2.62 bits per heavy atom. The fourth-order valence-electron chi connectivity index (χ4n) is 2.22. The molecule has 16 heavy (non-hydrogen) atoms. The minimum absolute atomic E-state index is 0.0204. The smallest absolute Gasteiger partial charge is 0.156 e. The average Bonchev–Trinajstić information content (AvgIpc) is 2.14. The lowest BCUT2D eigenvalue weighted by Gasteiger charge is -2.28. The summed E-state index contributed by atoms with van der Waals surface area (Å²) < 4.78 is 13.1. The molecule has 1 aromatic rings. The predicted octanol–water partition coefficient (Wildman–Crippen LogP) is 3.60. The summed E-state index contributed by atoms with van der Waals surface area (Å²) in [4.78, 5) is 11.6. The van der Waals surface area contributed by atoms with Crippen molar-refractivity contribution >= 4 is 11.4 Å². The van der Waals surface area contributed by atoms with Gasteiger partial charge in [0.25, 0.3) is 0 Å².